The predicted octanol–water partition coefficient (Wildman–Crippen LogP) is 6.11. The molecule has 4 rings (SSSR count). The molecule has 0 aliphatic carbocycles. The van der Waals surface area contributed by atoms with Crippen LogP contribution >= 0.6 is 24.0 Å². The SMILES string of the molecule is Cl.O=C(O)CC(Cc1nc2ccc(-c3ccccc3)cc2[nH]1)c1ccc(Cl)cc1. The zero-order valence-corrected chi connectivity index (χ0v) is 17.1. The Labute approximate surface area is 180 Å². The number of fused-ring (bicyclic) bond motifs is 1. The van der Waals surface area contributed by atoms with E-state index in [0.717, 1.165) is 33.5 Å². The predicted molar refractivity (Wildman–Crippen MR) is 119 cm³/mol. The molecular weight excluding hydrogens is 407 g/mol. The van der Waals surface area contributed by atoms with Crippen LogP contribution in [0.4, 0.5) is 0 Å². The van der Waals surface area contributed by atoms with E-state index in [4.69, 9.17) is 11.6 Å². The Morgan fingerprint density at radius 2 is 1.72 bits per heavy atom. The van der Waals surface area contributed by atoms with Crippen LogP contribution in [-0.2, 0) is 11.2 Å². The van der Waals surface area contributed by atoms with Crippen LogP contribution in [0, 0.1) is 0 Å². The van der Waals surface area contributed by atoms with Crippen LogP contribution in [0.25, 0.3) is 22.2 Å². The van der Waals surface area contributed by atoms with Crippen LogP contribution in [0.5, 0.6) is 0 Å². The number of aromatic nitrogens is 2. The average Bonchev–Trinajstić information content (AvgIpc) is 3.10. The van der Waals surface area contributed by atoms with Gasteiger partial charge in [-0.2, -0.15) is 0 Å². The Morgan fingerprint density at radius 3 is 2.41 bits per heavy atom. The van der Waals surface area contributed by atoms with E-state index in [1.165, 1.54) is 0 Å². The molecule has 0 bridgehead atoms. The molecule has 6 heteroatoms. The highest BCUT2D eigenvalue weighted by Crippen LogP contribution is 2.27. The van der Waals surface area contributed by atoms with Gasteiger partial charge in [0.25, 0.3) is 0 Å². The van der Waals surface area contributed by atoms with Crippen molar-refractivity contribution >= 4 is 41.0 Å². The second kappa shape index (κ2) is 9.12. The van der Waals surface area contributed by atoms with Crippen molar-refractivity contribution < 1.29 is 9.90 Å². The summed E-state index contributed by atoms with van der Waals surface area (Å²) in [5.41, 5.74) is 5.02. The molecule has 0 fully saturated rings. The summed E-state index contributed by atoms with van der Waals surface area (Å²) in [4.78, 5) is 19.4. The first-order chi connectivity index (χ1) is 13.6. The fourth-order valence-electron chi connectivity index (χ4n) is 3.46. The number of hydrogen-bond acceptors (Lipinski definition) is 2. The Balaban J connectivity index is 0.00000240. The Kier molecular flexibility index (Phi) is 6.57. The van der Waals surface area contributed by atoms with E-state index in [0.29, 0.717) is 11.4 Å². The van der Waals surface area contributed by atoms with Gasteiger partial charge in [0, 0.05) is 17.4 Å². The van der Waals surface area contributed by atoms with Crippen molar-refractivity contribution in [2.75, 3.05) is 0 Å². The molecule has 1 atom stereocenters. The zero-order chi connectivity index (χ0) is 19.5. The largest absolute Gasteiger partial charge is 0.481 e. The highest BCUT2D eigenvalue weighted by atomic mass is 35.5. The van der Waals surface area contributed by atoms with Gasteiger partial charge in [-0.1, -0.05) is 60.1 Å². The molecule has 4 nitrogen and oxygen atoms in total. The summed E-state index contributed by atoms with van der Waals surface area (Å²) in [6.07, 6.45) is 0.553. The number of benzene rings is 3. The van der Waals surface area contributed by atoms with Crippen molar-refractivity contribution in [3.8, 4) is 11.1 Å². The molecule has 1 unspecified atom stereocenters. The normalized spacial score (nSPS) is 11.8. The lowest BCUT2D eigenvalue weighted by Crippen LogP contribution is -2.10. The lowest BCUT2D eigenvalue weighted by atomic mass is 9.92. The van der Waals surface area contributed by atoms with Crippen molar-refractivity contribution in [3.05, 3.63) is 89.2 Å². The maximum Gasteiger partial charge on any atom is 0.303 e. The van der Waals surface area contributed by atoms with E-state index in [-0.39, 0.29) is 24.7 Å². The zero-order valence-electron chi connectivity index (χ0n) is 15.5. The van der Waals surface area contributed by atoms with E-state index in [2.05, 4.69) is 34.2 Å². The summed E-state index contributed by atoms with van der Waals surface area (Å²) in [7, 11) is 0. The summed E-state index contributed by atoms with van der Waals surface area (Å²) >= 11 is 5.97. The molecule has 4 aromatic rings. The van der Waals surface area contributed by atoms with Crippen LogP contribution in [0.15, 0.2) is 72.8 Å². The summed E-state index contributed by atoms with van der Waals surface area (Å²) in [5, 5.41) is 9.96. The highest BCUT2D eigenvalue weighted by molar-refractivity contribution is 6.30. The quantitative estimate of drug-likeness (QED) is 0.390. The number of nitrogens with one attached hydrogen (secondary N) is 1. The van der Waals surface area contributed by atoms with E-state index >= 15 is 0 Å². The second-order valence-electron chi connectivity index (χ2n) is 6.83. The molecule has 0 amide bonds. The molecule has 1 heterocycles. The molecule has 0 radical (unpaired) electrons. The van der Waals surface area contributed by atoms with Gasteiger partial charge >= 0.3 is 5.97 Å². The van der Waals surface area contributed by atoms with Gasteiger partial charge in [0.2, 0.25) is 0 Å². The molecule has 3 aromatic carbocycles. The lowest BCUT2D eigenvalue weighted by molar-refractivity contribution is -0.137. The fraction of sp³-hybridized carbons (Fsp3) is 0.130. The Morgan fingerprint density at radius 1 is 1.00 bits per heavy atom. The van der Waals surface area contributed by atoms with Crippen LogP contribution in [0.2, 0.25) is 5.02 Å². The number of rotatable bonds is 6. The minimum Gasteiger partial charge on any atom is -0.481 e. The minimum absolute atomic E-state index is 0. The second-order valence-corrected chi connectivity index (χ2v) is 7.27. The number of imidazole rings is 1. The Bertz CT molecular complexity index is 1110. The summed E-state index contributed by atoms with van der Waals surface area (Å²) in [5.74, 6) is -0.229. The topological polar surface area (TPSA) is 66.0 Å². The van der Waals surface area contributed by atoms with Crippen molar-refractivity contribution in [1.29, 1.82) is 0 Å². The van der Waals surface area contributed by atoms with Crippen molar-refractivity contribution in [2.45, 2.75) is 18.8 Å². The summed E-state index contributed by atoms with van der Waals surface area (Å²) in [6, 6.07) is 23.6. The van der Waals surface area contributed by atoms with Gasteiger partial charge in [-0.05, 0) is 41.0 Å². The maximum atomic E-state index is 11.4. The van der Waals surface area contributed by atoms with Gasteiger partial charge in [0.1, 0.15) is 5.82 Å². The van der Waals surface area contributed by atoms with Crippen LogP contribution in [-0.4, -0.2) is 21.0 Å². The summed E-state index contributed by atoms with van der Waals surface area (Å²) < 4.78 is 0. The third kappa shape index (κ3) is 4.97. The number of halogens is 2. The molecule has 0 aliphatic rings. The summed E-state index contributed by atoms with van der Waals surface area (Å²) in [6.45, 7) is 0. The average molecular weight is 427 g/mol. The first-order valence-electron chi connectivity index (χ1n) is 9.10. The number of nitrogens with zero attached hydrogens (tertiary/aromatic N) is 1. The van der Waals surface area contributed by atoms with E-state index < -0.39 is 5.97 Å². The van der Waals surface area contributed by atoms with Crippen molar-refractivity contribution in [3.63, 3.8) is 0 Å². The van der Waals surface area contributed by atoms with Crippen LogP contribution < -0.4 is 0 Å². The molecular formula is C23H20Cl2N2O2. The van der Waals surface area contributed by atoms with E-state index in [9.17, 15) is 9.90 Å². The maximum absolute atomic E-state index is 11.4. The van der Waals surface area contributed by atoms with E-state index in [1.54, 1.807) is 12.1 Å². The number of H-pyrrole nitrogens is 1. The molecule has 0 saturated carbocycles. The van der Waals surface area contributed by atoms with Gasteiger partial charge in [-0.15, -0.1) is 12.4 Å². The molecule has 29 heavy (non-hydrogen) atoms. The number of carboxylic acid groups (broad SMARTS) is 1. The number of hydrogen-bond donors (Lipinski definition) is 2. The van der Waals surface area contributed by atoms with Crippen LogP contribution in [0.1, 0.15) is 23.7 Å². The number of aromatic amines is 1. The van der Waals surface area contributed by atoms with E-state index in [1.807, 2.05) is 36.4 Å². The fourth-order valence-corrected chi connectivity index (χ4v) is 3.58. The van der Waals surface area contributed by atoms with Gasteiger partial charge in [-0.25, -0.2) is 4.98 Å². The highest BCUT2D eigenvalue weighted by Gasteiger charge is 2.18. The first kappa shape index (κ1) is 20.9. The van der Waals surface area contributed by atoms with Crippen LogP contribution in [0.3, 0.4) is 0 Å². The number of carboxylic acids is 1. The smallest absolute Gasteiger partial charge is 0.303 e. The monoisotopic (exact) mass is 426 g/mol. The third-order valence-electron chi connectivity index (χ3n) is 4.84. The third-order valence-corrected chi connectivity index (χ3v) is 5.09. The molecule has 148 valence electrons. The van der Waals surface area contributed by atoms with Gasteiger partial charge in [0.15, 0.2) is 0 Å². The van der Waals surface area contributed by atoms with Gasteiger partial charge < -0.3 is 10.1 Å². The molecule has 0 saturated heterocycles. The van der Waals surface area contributed by atoms with Crippen molar-refractivity contribution in [2.24, 2.45) is 0 Å². The van der Waals surface area contributed by atoms with Crippen molar-refractivity contribution in [1.82, 2.24) is 9.97 Å². The Hall–Kier alpha value is -2.82. The molecule has 2 N–H and O–H groups in total. The molecule has 1 aromatic heterocycles. The standard InChI is InChI=1S/C23H19ClN2O2.ClH/c24-19-9-6-16(7-10-19)18(14-23(27)28)13-22-25-20-11-8-17(12-21(20)26-22)15-4-2-1-3-5-15;/h1-12,18H,13-14H2,(H,25,26)(H,27,28);1H. The lowest BCUT2D eigenvalue weighted by Gasteiger charge is -2.14. The molecule has 0 spiro atoms. The minimum atomic E-state index is -0.831. The number of carbonyl (C=O) groups is 1. The molecule has 0 aliphatic heterocycles. The number of aliphatic carboxylic acids is 1. The van der Waals surface area contributed by atoms with Gasteiger partial charge in [0.05, 0.1) is 17.5 Å². The first-order valence-corrected chi connectivity index (χ1v) is 9.47. The van der Waals surface area contributed by atoms with Gasteiger partial charge in [-0.3, -0.25) is 4.79 Å².